The van der Waals surface area contributed by atoms with E-state index in [9.17, 15) is 14.4 Å². The van der Waals surface area contributed by atoms with Crippen LogP contribution in [0, 0.1) is 6.92 Å². The van der Waals surface area contributed by atoms with Gasteiger partial charge in [0.25, 0.3) is 5.56 Å². The number of fused-ring (bicyclic) bond motifs is 1. The van der Waals surface area contributed by atoms with Gasteiger partial charge in [-0.25, -0.2) is 4.98 Å². The first kappa shape index (κ1) is 19.3. The SMILES string of the molecule is CCC(=O)Nc1ccc(C)c(NC(=O)CCn2cnc3ccccc3c2=O)c1. The molecule has 0 saturated carbocycles. The van der Waals surface area contributed by atoms with Gasteiger partial charge in [-0.1, -0.05) is 25.1 Å². The molecular weight excluding hydrogens is 356 g/mol. The number of carbonyl (C=O) groups excluding carboxylic acids is 2. The number of amides is 2. The van der Waals surface area contributed by atoms with Crippen molar-refractivity contribution in [1.29, 1.82) is 0 Å². The van der Waals surface area contributed by atoms with E-state index in [1.165, 1.54) is 10.9 Å². The first-order chi connectivity index (χ1) is 13.5. The Morgan fingerprint density at radius 3 is 2.64 bits per heavy atom. The summed E-state index contributed by atoms with van der Waals surface area (Å²) >= 11 is 0. The van der Waals surface area contributed by atoms with Crippen molar-refractivity contribution in [3.8, 4) is 0 Å². The van der Waals surface area contributed by atoms with Crippen LogP contribution in [0.4, 0.5) is 11.4 Å². The highest BCUT2D eigenvalue weighted by Crippen LogP contribution is 2.20. The molecule has 0 aliphatic carbocycles. The fourth-order valence-electron chi connectivity index (χ4n) is 2.78. The molecule has 144 valence electrons. The van der Waals surface area contributed by atoms with Crippen LogP contribution in [0.3, 0.4) is 0 Å². The van der Waals surface area contributed by atoms with Gasteiger partial charge in [0, 0.05) is 30.8 Å². The van der Waals surface area contributed by atoms with Gasteiger partial charge >= 0.3 is 0 Å². The maximum absolute atomic E-state index is 12.5. The monoisotopic (exact) mass is 378 g/mol. The number of hydrogen-bond donors (Lipinski definition) is 2. The smallest absolute Gasteiger partial charge is 0.261 e. The molecule has 0 fully saturated rings. The minimum Gasteiger partial charge on any atom is -0.326 e. The Morgan fingerprint density at radius 2 is 1.86 bits per heavy atom. The minimum atomic E-state index is -0.220. The van der Waals surface area contributed by atoms with Crippen LogP contribution in [-0.2, 0) is 16.1 Å². The predicted molar refractivity (Wildman–Crippen MR) is 109 cm³/mol. The second kappa shape index (κ2) is 8.47. The number of para-hydroxylation sites is 1. The second-order valence-corrected chi connectivity index (χ2v) is 6.49. The zero-order valence-corrected chi connectivity index (χ0v) is 15.9. The number of rotatable bonds is 6. The van der Waals surface area contributed by atoms with Crippen molar-refractivity contribution in [2.45, 2.75) is 33.2 Å². The van der Waals surface area contributed by atoms with E-state index in [4.69, 9.17) is 0 Å². The van der Waals surface area contributed by atoms with Gasteiger partial charge in [0.05, 0.1) is 17.2 Å². The average Bonchev–Trinajstić information content (AvgIpc) is 2.70. The van der Waals surface area contributed by atoms with Crippen molar-refractivity contribution in [2.75, 3.05) is 10.6 Å². The number of anilines is 2. The molecule has 7 nitrogen and oxygen atoms in total. The van der Waals surface area contributed by atoms with Gasteiger partial charge in [0.1, 0.15) is 0 Å². The molecule has 0 radical (unpaired) electrons. The van der Waals surface area contributed by atoms with Crippen molar-refractivity contribution in [1.82, 2.24) is 9.55 Å². The summed E-state index contributed by atoms with van der Waals surface area (Å²) in [5.74, 6) is -0.313. The van der Waals surface area contributed by atoms with Crippen molar-refractivity contribution in [3.05, 3.63) is 64.7 Å². The van der Waals surface area contributed by atoms with E-state index in [1.807, 2.05) is 19.1 Å². The lowest BCUT2D eigenvalue weighted by atomic mass is 10.1. The quantitative estimate of drug-likeness (QED) is 0.689. The van der Waals surface area contributed by atoms with Crippen molar-refractivity contribution >= 4 is 34.1 Å². The van der Waals surface area contributed by atoms with E-state index in [2.05, 4.69) is 15.6 Å². The Morgan fingerprint density at radius 1 is 1.07 bits per heavy atom. The molecule has 0 atom stereocenters. The summed E-state index contributed by atoms with van der Waals surface area (Å²) in [5.41, 5.74) is 2.60. The van der Waals surface area contributed by atoms with Crippen molar-refractivity contribution in [3.63, 3.8) is 0 Å². The fourth-order valence-corrected chi connectivity index (χ4v) is 2.78. The minimum absolute atomic E-state index is 0.0932. The standard InChI is InChI=1S/C21H22N4O3/c1-3-19(26)23-15-9-8-14(2)18(12-15)24-20(27)10-11-25-13-22-17-7-5-4-6-16(17)21(25)28/h4-9,12-13H,3,10-11H2,1-2H3,(H,23,26)(H,24,27). The summed E-state index contributed by atoms with van der Waals surface area (Å²) in [6, 6.07) is 12.5. The number of aromatic nitrogens is 2. The summed E-state index contributed by atoms with van der Waals surface area (Å²) in [7, 11) is 0. The molecule has 0 spiro atoms. The Kier molecular flexibility index (Phi) is 5.84. The number of benzene rings is 2. The Balaban J connectivity index is 1.68. The lowest BCUT2D eigenvalue weighted by Crippen LogP contribution is -2.23. The third kappa shape index (κ3) is 4.43. The highest BCUT2D eigenvalue weighted by atomic mass is 16.2. The summed E-state index contributed by atoms with van der Waals surface area (Å²) in [6.07, 6.45) is 1.97. The summed E-state index contributed by atoms with van der Waals surface area (Å²) in [5, 5.41) is 6.14. The van der Waals surface area contributed by atoms with Crippen LogP contribution < -0.4 is 16.2 Å². The number of carbonyl (C=O) groups is 2. The normalized spacial score (nSPS) is 10.6. The molecule has 2 aromatic carbocycles. The highest BCUT2D eigenvalue weighted by Gasteiger charge is 2.09. The van der Waals surface area contributed by atoms with Gasteiger partial charge in [0.15, 0.2) is 0 Å². The largest absolute Gasteiger partial charge is 0.326 e. The molecule has 0 aliphatic heterocycles. The first-order valence-electron chi connectivity index (χ1n) is 9.12. The zero-order chi connectivity index (χ0) is 20.1. The maximum Gasteiger partial charge on any atom is 0.261 e. The van der Waals surface area contributed by atoms with Crippen molar-refractivity contribution in [2.24, 2.45) is 0 Å². The Bertz CT molecular complexity index is 1090. The molecule has 1 heterocycles. The Hall–Kier alpha value is -3.48. The summed E-state index contributed by atoms with van der Waals surface area (Å²) in [6.45, 7) is 3.88. The predicted octanol–water partition coefficient (Wildman–Crippen LogP) is 3.08. The topological polar surface area (TPSA) is 93.1 Å². The number of nitrogens with zero attached hydrogens (tertiary/aromatic N) is 2. The van der Waals surface area contributed by atoms with Gasteiger partial charge in [0.2, 0.25) is 11.8 Å². The molecule has 1 aromatic heterocycles. The van der Waals surface area contributed by atoms with Crippen LogP contribution in [0.15, 0.2) is 53.6 Å². The van der Waals surface area contributed by atoms with Crippen LogP contribution in [-0.4, -0.2) is 21.4 Å². The summed E-state index contributed by atoms with van der Waals surface area (Å²) in [4.78, 5) is 40.7. The summed E-state index contributed by atoms with van der Waals surface area (Å²) < 4.78 is 1.44. The molecule has 3 rings (SSSR count). The fraction of sp³-hybridized carbons (Fsp3) is 0.238. The molecule has 28 heavy (non-hydrogen) atoms. The molecule has 3 aromatic rings. The molecule has 0 aliphatic rings. The molecule has 0 saturated heterocycles. The highest BCUT2D eigenvalue weighted by molar-refractivity contribution is 5.94. The lowest BCUT2D eigenvalue weighted by Gasteiger charge is -2.12. The van der Waals surface area contributed by atoms with E-state index in [-0.39, 0.29) is 30.3 Å². The van der Waals surface area contributed by atoms with Gasteiger partial charge in [-0.05, 0) is 36.8 Å². The lowest BCUT2D eigenvalue weighted by molar-refractivity contribution is -0.117. The van der Waals surface area contributed by atoms with E-state index >= 15 is 0 Å². The van der Waals surface area contributed by atoms with Gasteiger partial charge in [-0.15, -0.1) is 0 Å². The van der Waals surface area contributed by atoms with E-state index in [1.54, 1.807) is 37.3 Å². The number of aryl methyl sites for hydroxylation is 2. The molecular formula is C21H22N4O3. The molecule has 2 amide bonds. The molecule has 7 heteroatoms. The van der Waals surface area contributed by atoms with E-state index < -0.39 is 0 Å². The van der Waals surface area contributed by atoms with Gasteiger partial charge in [-0.3, -0.25) is 19.0 Å². The first-order valence-corrected chi connectivity index (χ1v) is 9.12. The van der Waals surface area contributed by atoms with Crippen LogP contribution >= 0.6 is 0 Å². The zero-order valence-electron chi connectivity index (χ0n) is 15.9. The van der Waals surface area contributed by atoms with E-state index in [0.29, 0.717) is 28.7 Å². The average molecular weight is 378 g/mol. The van der Waals surface area contributed by atoms with E-state index in [0.717, 1.165) is 5.56 Å². The number of hydrogen-bond acceptors (Lipinski definition) is 4. The van der Waals surface area contributed by atoms with Crippen LogP contribution in [0.1, 0.15) is 25.3 Å². The Labute approximate surface area is 162 Å². The molecule has 0 bridgehead atoms. The van der Waals surface area contributed by atoms with Gasteiger partial charge in [-0.2, -0.15) is 0 Å². The van der Waals surface area contributed by atoms with Crippen LogP contribution in [0.2, 0.25) is 0 Å². The van der Waals surface area contributed by atoms with Crippen LogP contribution in [0.25, 0.3) is 10.9 Å². The molecule has 2 N–H and O–H groups in total. The molecule has 0 unspecified atom stereocenters. The third-order valence-corrected chi connectivity index (χ3v) is 4.43. The second-order valence-electron chi connectivity index (χ2n) is 6.49. The maximum atomic E-state index is 12.5. The third-order valence-electron chi connectivity index (χ3n) is 4.43. The van der Waals surface area contributed by atoms with Crippen LogP contribution in [0.5, 0.6) is 0 Å². The van der Waals surface area contributed by atoms with Gasteiger partial charge < -0.3 is 10.6 Å². The number of nitrogens with one attached hydrogen (secondary N) is 2. The van der Waals surface area contributed by atoms with Crippen molar-refractivity contribution < 1.29 is 9.59 Å².